The van der Waals surface area contributed by atoms with Gasteiger partial charge in [-0.1, -0.05) is 12.1 Å². The molecule has 0 aliphatic heterocycles. The molecule has 1 nitrogen and oxygen atoms in total. The summed E-state index contributed by atoms with van der Waals surface area (Å²) >= 11 is 0. The number of alkyl halides is 3. The molecule has 0 saturated heterocycles. The van der Waals surface area contributed by atoms with Gasteiger partial charge in [0.15, 0.2) is 0 Å². The number of hydrogen-bond acceptors (Lipinski definition) is 1. The van der Waals surface area contributed by atoms with Gasteiger partial charge in [0.2, 0.25) is 0 Å². The molecule has 1 aromatic carbocycles. The van der Waals surface area contributed by atoms with Gasteiger partial charge < -0.3 is 0 Å². The first-order valence-corrected chi connectivity index (χ1v) is 4.10. The molecule has 0 amide bonds. The van der Waals surface area contributed by atoms with Crippen LogP contribution in [-0.4, -0.2) is 4.98 Å². The molecule has 0 fully saturated rings. The highest BCUT2D eigenvalue weighted by Crippen LogP contribution is 2.34. The normalized spacial score (nSPS) is 12.0. The minimum Gasteiger partial charge on any atom is -0.253 e. The van der Waals surface area contributed by atoms with Crippen LogP contribution in [-0.2, 0) is 6.18 Å². The van der Waals surface area contributed by atoms with Crippen LogP contribution in [0.2, 0.25) is 0 Å². The van der Waals surface area contributed by atoms with E-state index in [9.17, 15) is 17.6 Å². The first-order valence-electron chi connectivity index (χ1n) is 4.10. The molecule has 0 radical (unpaired) electrons. The van der Waals surface area contributed by atoms with Crippen molar-refractivity contribution >= 4 is 10.9 Å². The largest absolute Gasteiger partial charge is 0.417 e. The number of nitrogens with zero attached hydrogens (tertiary/aromatic N) is 1. The van der Waals surface area contributed by atoms with Gasteiger partial charge in [0.25, 0.3) is 0 Å². The maximum atomic E-state index is 13.1. The Morgan fingerprint density at radius 2 is 1.80 bits per heavy atom. The molecule has 5 heteroatoms. The highest BCUT2D eigenvalue weighted by molar-refractivity contribution is 5.82. The Labute approximate surface area is 82.4 Å². The third-order valence-corrected chi connectivity index (χ3v) is 2.03. The SMILES string of the molecule is Fc1cccc2c(C(F)(F)F)ccnc12. The van der Waals surface area contributed by atoms with Crippen molar-refractivity contribution in [2.24, 2.45) is 0 Å². The Morgan fingerprint density at radius 3 is 2.47 bits per heavy atom. The Bertz CT molecular complexity index is 504. The number of para-hydroxylation sites is 1. The van der Waals surface area contributed by atoms with E-state index in [0.717, 1.165) is 18.3 Å². The lowest BCUT2D eigenvalue weighted by Gasteiger charge is -2.09. The molecular formula is C10H5F4N. The van der Waals surface area contributed by atoms with Crippen LogP contribution >= 0.6 is 0 Å². The van der Waals surface area contributed by atoms with E-state index in [1.165, 1.54) is 12.1 Å². The van der Waals surface area contributed by atoms with Crippen molar-refractivity contribution in [3.05, 3.63) is 41.8 Å². The summed E-state index contributed by atoms with van der Waals surface area (Å²) in [5.41, 5.74) is -1.13. The minimum absolute atomic E-state index is 0.218. The number of halogens is 4. The summed E-state index contributed by atoms with van der Waals surface area (Å²) in [4.78, 5) is 3.58. The Morgan fingerprint density at radius 1 is 1.07 bits per heavy atom. The van der Waals surface area contributed by atoms with Gasteiger partial charge >= 0.3 is 6.18 Å². The van der Waals surface area contributed by atoms with Crippen molar-refractivity contribution in [1.29, 1.82) is 0 Å². The molecule has 0 bridgehead atoms. The molecule has 2 aromatic rings. The highest BCUT2D eigenvalue weighted by atomic mass is 19.4. The fourth-order valence-electron chi connectivity index (χ4n) is 1.39. The van der Waals surface area contributed by atoms with Crippen molar-refractivity contribution in [2.75, 3.05) is 0 Å². The molecule has 0 N–H and O–H groups in total. The van der Waals surface area contributed by atoms with Gasteiger partial charge in [0.1, 0.15) is 11.3 Å². The highest BCUT2D eigenvalue weighted by Gasteiger charge is 2.32. The maximum absolute atomic E-state index is 13.1. The minimum atomic E-state index is -4.49. The molecule has 0 saturated carbocycles. The van der Waals surface area contributed by atoms with Crippen LogP contribution in [0.1, 0.15) is 5.56 Å². The number of hydrogen-bond donors (Lipinski definition) is 0. The van der Waals surface area contributed by atoms with E-state index >= 15 is 0 Å². The second kappa shape index (κ2) is 3.18. The predicted octanol–water partition coefficient (Wildman–Crippen LogP) is 3.39. The fraction of sp³-hybridized carbons (Fsp3) is 0.100. The number of benzene rings is 1. The number of rotatable bonds is 0. The van der Waals surface area contributed by atoms with Gasteiger partial charge in [-0.05, 0) is 12.1 Å². The van der Waals surface area contributed by atoms with Crippen molar-refractivity contribution < 1.29 is 17.6 Å². The molecule has 0 aliphatic carbocycles. The van der Waals surface area contributed by atoms with Crippen LogP contribution < -0.4 is 0 Å². The summed E-state index contributed by atoms with van der Waals surface area (Å²) in [6, 6.07) is 4.35. The number of aromatic nitrogens is 1. The van der Waals surface area contributed by atoms with Gasteiger partial charge in [-0.15, -0.1) is 0 Å². The zero-order valence-corrected chi connectivity index (χ0v) is 7.35. The summed E-state index contributed by atoms with van der Waals surface area (Å²) in [6.45, 7) is 0. The third-order valence-electron chi connectivity index (χ3n) is 2.03. The van der Waals surface area contributed by atoms with Crippen LogP contribution in [0.4, 0.5) is 17.6 Å². The van der Waals surface area contributed by atoms with Crippen LogP contribution in [0.5, 0.6) is 0 Å². The maximum Gasteiger partial charge on any atom is 0.417 e. The van der Waals surface area contributed by atoms with E-state index in [1.807, 2.05) is 0 Å². The predicted molar refractivity (Wildman–Crippen MR) is 46.7 cm³/mol. The molecule has 2 rings (SSSR count). The molecule has 15 heavy (non-hydrogen) atoms. The summed E-state index contributed by atoms with van der Waals surface area (Å²) in [7, 11) is 0. The van der Waals surface area contributed by atoms with E-state index < -0.39 is 17.6 Å². The quantitative estimate of drug-likeness (QED) is 0.614. The average molecular weight is 215 g/mol. The van der Waals surface area contributed by atoms with E-state index in [2.05, 4.69) is 4.98 Å². The Balaban J connectivity index is 2.83. The molecule has 0 atom stereocenters. The standard InChI is InChI=1S/C10H5F4N/c11-8-3-1-2-6-7(10(12,13)14)4-5-15-9(6)8/h1-5H. The van der Waals surface area contributed by atoms with Crippen molar-refractivity contribution in [2.45, 2.75) is 6.18 Å². The van der Waals surface area contributed by atoms with Gasteiger partial charge in [-0.25, -0.2) is 4.39 Å². The van der Waals surface area contributed by atoms with E-state index in [0.29, 0.717) is 0 Å². The molecule has 78 valence electrons. The van der Waals surface area contributed by atoms with E-state index in [4.69, 9.17) is 0 Å². The smallest absolute Gasteiger partial charge is 0.253 e. The first-order chi connectivity index (χ1) is 7.00. The monoisotopic (exact) mass is 215 g/mol. The van der Waals surface area contributed by atoms with Crippen LogP contribution in [0.25, 0.3) is 10.9 Å². The average Bonchev–Trinajstić information content (AvgIpc) is 2.16. The summed E-state index contributed by atoms with van der Waals surface area (Å²) in [6.07, 6.45) is -3.54. The first kappa shape index (κ1) is 9.89. The van der Waals surface area contributed by atoms with E-state index in [1.54, 1.807) is 0 Å². The molecule has 0 aliphatic rings. The lowest BCUT2D eigenvalue weighted by atomic mass is 10.1. The number of fused-ring (bicyclic) bond motifs is 1. The lowest BCUT2D eigenvalue weighted by molar-refractivity contribution is -0.136. The van der Waals surface area contributed by atoms with Gasteiger partial charge in [-0.2, -0.15) is 13.2 Å². The van der Waals surface area contributed by atoms with E-state index in [-0.39, 0.29) is 10.9 Å². The van der Waals surface area contributed by atoms with Gasteiger partial charge in [-0.3, -0.25) is 4.98 Å². The van der Waals surface area contributed by atoms with Crippen LogP contribution in [0.3, 0.4) is 0 Å². The van der Waals surface area contributed by atoms with Crippen LogP contribution in [0.15, 0.2) is 30.5 Å². The van der Waals surface area contributed by atoms with Crippen LogP contribution in [0, 0.1) is 5.82 Å². The zero-order valence-electron chi connectivity index (χ0n) is 7.35. The fourth-order valence-corrected chi connectivity index (χ4v) is 1.39. The molecule has 1 aromatic heterocycles. The molecule has 1 heterocycles. The van der Waals surface area contributed by atoms with Crippen molar-refractivity contribution in [3.63, 3.8) is 0 Å². The third kappa shape index (κ3) is 1.65. The number of pyridine rings is 1. The zero-order chi connectivity index (χ0) is 11.1. The molecule has 0 unspecified atom stereocenters. The molecular weight excluding hydrogens is 210 g/mol. The molecule has 0 spiro atoms. The Kier molecular flexibility index (Phi) is 2.10. The lowest BCUT2D eigenvalue weighted by Crippen LogP contribution is -2.06. The summed E-state index contributed by atoms with van der Waals surface area (Å²) in [5, 5.41) is -0.218. The summed E-state index contributed by atoms with van der Waals surface area (Å²) in [5.74, 6) is -0.751. The second-order valence-corrected chi connectivity index (χ2v) is 2.99. The van der Waals surface area contributed by atoms with Gasteiger partial charge in [0.05, 0.1) is 5.56 Å². The summed E-state index contributed by atoms with van der Waals surface area (Å²) < 4.78 is 50.6. The van der Waals surface area contributed by atoms with Crippen molar-refractivity contribution in [1.82, 2.24) is 4.98 Å². The Hall–Kier alpha value is -1.65. The topological polar surface area (TPSA) is 12.9 Å². The second-order valence-electron chi connectivity index (χ2n) is 2.99. The van der Waals surface area contributed by atoms with Gasteiger partial charge in [0, 0.05) is 11.6 Å². The van der Waals surface area contributed by atoms with Crippen molar-refractivity contribution in [3.8, 4) is 0 Å².